The number of hydrogen-bond donors (Lipinski definition) is 0. The van der Waals surface area contributed by atoms with Crippen LogP contribution in [0.2, 0.25) is 0 Å². The van der Waals surface area contributed by atoms with Crippen LogP contribution in [0.5, 0.6) is 0 Å². The summed E-state index contributed by atoms with van der Waals surface area (Å²) in [6.07, 6.45) is 0. The molecule has 0 unspecified atom stereocenters. The number of rotatable bonds is 5. The fraction of sp³-hybridized carbons (Fsp3) is 0. The summed E-state index contributed by atoms with van der Waals surface area (Å²) < 4.78 is 6.84. The number of benzene rings is 10. The molecule has 1 aromatic heterocycles. The average Bonchev–Trinajstić information content (AvgIpc) is 3.61. The van der Waals surface area contributed by atoms with E-state index >= 15 is 0 Å². The van der Waals surface area contributed by atoms with Gasteiger partial charge in [0.25, 0.3) is 0 Å². The van der Waals surface area contributed by atoms with Crippen LogP contribution in [-0.2, 0) is 0 Å². The van der Waals surface area contributed by atoms with Crippen molar-refractivity contribution < 1.29 is 4.42 Å². The second-order valence-corrected chi connectivity index (χ2v) is 14.1. The number of furan rings is 1. The average molecular weight is 688 g/mol. The van der Waals surface area contributed by atoms with Crippen molar-refractivity contribution in [3.63, 3.8) is 0 Å². The zero-order chi connectivity index (χ0) is 35.6. The molecule has 11 rings (SSSR count). The normalized spacial score (nSPS) is 11.7. The van der Waals surface area contributed by atoms with E-state index in [2.05, 4.69) is 205 Å². The van der Waals surface area contributed by atoms with Crippen molar-refractivity contribution in [3.8, 4) is 22.3 Å². The molecule has 0 atom stereocenters. The molecule has 0 amide bonds. The van der Waals surface area contributed by atoms with Gasteiger partial charge in [-0.3, -0.25) is 0 Å². The Morgan fingerprint density at radius 1 is 0.333 bits per heavy atom. The van der Waals surface area contributed by atoms with Crippen molar-refractivity contribution in [2.75, 3.05) is 4.90 Å². The van der Waals surface area contributed by atoms with Gasteiger partial charge in [-0.25, -0.2) is 0 Å². The summed E-state index contributed by atoms with van der Waals surface area (Å²) in [5, 5.41) is 12.2. The van der Waals surface area contributed by atoms with E-state index < -0.39 is 0 Å². The lowest BCUT2D eigenvalue weighted by Crippen LogP contribution is -2.11. The van der Waals surface area contributed by atoms with Crippen LogP contribution in [0.4, 0.5) is 17.1 Å². The van der Waals surface area contributed by atoms with Crippen molar-refractivity contribution in [2.24, 2.45) is 0 Å². The smallest absolute Gasteiger partial charge is 0.159 e. The zero-order valence-corrected chi connectivity index (χ0v) is 29.4. The van der Waals surface area contributed by atoms with Crippen LogP contribution in [-0.4, -0.2) is 0 Å². The van der Waals surface area contributed by atoms with Gasteiger partial charge in [0.05, 0.1) is 11.4 Å². The molecule has 10 aromatic carbocycles. The minimum Gasteiger partial charge on any atom is -0.454 e. The van der Waals surface area contributed by atoms with Crippen LogP contribution in [0.25, 0.3) is 87.3 Å². The molecule has 0 spiro atoms. The Morgan fingerprint density at radius 2 is 0.907 bits per heavy atom. The number of nitrogens with zero attached hydrogens (tertiary/aromatic N) is 1. The molecular weight excluding hydrogens is 655 g/mol. The quantitative estimate of drug-likeness (QED) is 0.168. The largest absolute Gasteiger partial charge is 0.454 e. The standard InChI is InChI=1S/C52H33NO/c1-2-12-34(13-3-1)42-18-8-9-22-47(42)53(48-23-11-21-45-46-32-39-15-4-5-16-40(39)33-49(46)54-52(45)48)41-30-28-36(29-31-41)44-20-10-17-37-26-27-38-25-24-35-14-6-7-19-43(35)51(38)50(37)44/h1-33H. The molecule has 0 N–H and O–H groups in total. The maximum absolute atomic E-state index is 6.84. The van der Waals surface area contributed by atoms with Crippen LogP contribution < -0.4 is 4.90 Å². The van der Waals surface area contributed by atoms with E-state index in [1.165, 1.54) is 54.2 Å². The highest BCUT2D eigenvalue weighted by Crippen LogP contribution is 2.46. The topological polar surface area (TPSA) is 16.4 Å². The Morgan fingerprint density at radius 3 is 1.74 bits per heavy atom. The summed E-state index contributed by atoms with van der Waals surface area (Å²) in [5.74, 6) is 0. The lowest BCUT2D eigenvalue weighted by Gasteiger charge is -2.28. The fourth-order valence-corrected chi connectivity index (χ4v) is 8.49. The molecule has 0 aliphatic carbocycles. The first kappa shape index (κ1) is 30.5. The van der Waals surface area contributed by atoms with E-state index in [9.17, 15) is 0 Å². The van der Waals surface area contributed by atoms with Crippen LogP contribution in [0, 0.1) is 0 Å². The number of para-hydroxylation sites is 2. The van der Waals surface area contributed by atoms with Crippen molar-refractivity contribution in [1.29, 1.82) is 0 Å². The van der Waals surface area contributed by atoms with Crippen molar-refractivity contribution in [1.82, 2.24) is 0 Å². The minimum absolute atomic E-state index is 0.863. The van der Waals surface area contributed by atoms with Crippen molar-refractivity contribution in [3.05, 3.63) is 200 Å². The van der Waals surface area contributed by atoms with E-state index in [0.717, 1.165) is 50.1 Å². The van der Waals surface area contributed by atoms with E-state index in [1.807, 2.05) is 0 Å². The van der Waals surface area contributed by atoms with Crippen LogP contribution >= 0.6 is 0 Å². The van der Waals surface area contributed by atoms with Crippen LogP contribution in [0.3, 0.4) is 0 Å². The summed E-state index contributed by atoms with van der Waals surface area (Å²) in [5.41, 5.74) is 9.58. The van der Waals surface area contributed by atoms with Gasteiger partial charge in [0.1, 0.15) is 5.58 Å². The van der Waals surface area contributed by atoms with Gasteiger partial charge in [-0.15, -0.1) is 0 Å². The molecule has 11 aromatic rings. The molecule has 0 bridgehead atoms. The molecule has 54 heavy (non-hydrogen) atoms. The van der Waals surface area contributed by atoms with Crippen molar-refractivity contribution >= 4 is 82.1 Å². The second-order valence-electron chi connectivity index (χ2n) is 14.1. The molecule has 2 nitrogen and oxygen atoms in total. The lowest BCUT2D eigenvalue weighted by molar-refractivity contribution is 0.669. The highest BCUT2D eigenvalue weighted by molar-refractivity contribution is 6.24. The third-order valence-corrected chi connectivity index (χ3v) is 11.0. The summed E-state index contributed by atoms with van der Waals surface area (Å²) >= 11 is 0. The van der Waals surface area contributed by atoms with Gasteiger partial charge in [0, 0.05) is 22.0 Å². The summed E-state index contributed by atoms with van der Waals surface area (Å²) in [6, 6.07) is 72.2. The van der Waals surface area contributed by atoms with E-state index in [4.69, 9.17) is 4.42 Å². The molecule has 2 heteroatoms. The molecule has 0 aliphatic heterocycles. The third-order valence-electron chi connectivity index (χ3n) is 11.0. The highest BCUT2D eigenvalue weighted by atomic mass is 16.3. The Hall–Kier alpha value is -7.16. The molecule has 0 saturated heterocycles. The maximum Gasteiger partial charge on any atom is 0.159 e. The van der Waals surface area contributed by atoms with Gasteiger partial charge in [-0.1, -0.05) is 164 Å². The minimum atomic E-state index is 0.863. The molecule has 0 aliphatic rings. The van der Waals surface area contributed by atoms with Gasteiger partial charge >= 0.3 is 0 Å². The maximum atomic E-state index is 6.84. The third kappa shape index (κ3) is 4.81. The number of hydrogen-bond acceptors (Lipinski definition) is 2. The molecule has 0 fully saturated rings. The van der Waals surface area contributed by atoms with Gasteiger partial charge < -0.3 is 9.32 Å². The second kappa shape index (κ2) is 12.2. The Labute approximate surface area is 312 Å². The summed E-state index contributed by atoms with van der Waals surface area (Å²) in [6.45, 7) is 0. The molecule has 0 radical (unpaired) electrons. The van der Waals surface area contributed by atoms with Crippen molar-refractivity contribution in [2.45, 2.75) is 0 Å². The van der Waals surface area contributed by atoms with E-state index in [1.54, 1.807) is 0 Å². The SMILES string of the molecule is c1ccc(-c2ccccc2N(c2ccc(-c3cccc4ccc5ccc6ccccc6c5c34)cc2)c2cccc3c2oc2cc4ccccc4cc23)cc1. The summed E-state index contributed by atoms with van der Waals surface area (Å²) in [4.78, 5) is 2.36. The lowest BCUT2D eigenvalue weighted by atomic mass is 9.91. The first-order valence-corrected chi connectivity index (χ1v) is 18.5. The molecular formula is C52H33NO. The Balaban J connectivity index is 1.14. The van der Waals surface area contributed by atoms with Gasteiger partial charge in [-0.05, 0) is 96.2 Å². The van der Waals surface area contributed by atoms with Gasteiger partial charge in [0.2, 0.25) is 0 Å². The van der Waals surface area contributed by atoms with E-state index in [-0.39, 0.29) is 0 Å². The van der Waals surface area contributed by atoms with E-state index in [0.29, 0.717) is 0 Å². The predicted octanol–water partition coefficient (Wildman–Crippen LogP) is 15.0. The Bertz CT molecular complexity index is 3210. The highest BCUT2D eigenvalue weighted by Gasteiger charge is 2.22. The van der Waals surface area contributed by atoms with Crippen LogP contribution in [0.1, 0.15) is 0 Å². The monoisotopic (exact) mass is 687 g/mol. The molecule has 252 valence electrons. The summed E-state index contributed by atoms with van der Waals surface area (Å²) in [7, 11) is 0. The molecule has 1 heterocycles. The van der Waals surface area contributed by atoms with Crippen LogP contribution in [0.15, 0.2) is 205 Å². The number of fused-ring (bicyclic) bond motifs is 9. The Kier molecular flexibility index (Phi) is 6.90. The number of anilines is 3. The predicted molar refractivity (Wildman–Crippen MR) is 229 cm³/mol. The van der Waals surface area contributed by atoms with Gasteiger partial charge in [0.15, 0.2) is 5.58 Å². The molecule has 0 saturated carbocycles. The first-order chi connectivity index (χ1) is 26.8. The zero-order valence-electron chi connectivity index (χ0n) is 29.4. The fourth-order valence-electron chi connectivity index (χ4n) is 8.49. The van der Waals surface area contributed by atoms with Gasteiger partial charge in [-0.2, -0.15) is 0 Å². The first-order valence-electron chi connectivity index (χ1n) is 18.5.